The van der Waals surface area contributed by atoms with Crippen molar-refractivity contribution in [2.45, 2.75) is 25.7 Å². The number of aromatic hydroxyl groups is 2. The first-order valence-electron chi connectivity index (χ1n) is 19.0. The molecule has 7 aromatic rings. The Morgan fingerprint density at radius 2 is 0.533 bits per heavy atom. The lowest BCUT2D eigenvalue weighted by Crippen LogP contribution is -2.20. The molecule has 0 aliphatic heterocycles. The van der Waals surface area contributed by atoms with Crippen molar-refractivity contribution in [1.29, 1.82) is 0 Å². The smallest absolute Gasteiger partial charge is 0.315 e. The first-order valence-corrected chi connectivity index (χ1v) is 19.0. The molecule has 0 amide bonds. The van der Waals surface area contributed by atoms with Gasteiger partial charge >= 0.3 is 23.9 Å². The Morgan fingerprint density at radius 1 is 0.317 bits per heavy atom. The summed E-state index contributed by atoms with van der Waals surface area (Å²) in [4.78, 5) is 56.2. The molecule has 0 radical (unpaired) electrons. The van der Waals surface area contributed by atoms with Gasteiger partial charge in [0.15, 0.2) is 23.0 Å². The molecular formula is C50H38O10. The van der Waals surface area contributed by atoms with Crippen molar-refractivity contribution in [2.24, 2.45) is 0 Å². The van der Waals surface area contributed by atoms with E-state index in [4.69, 9.17) is 18.9 Å². The van der Waals surface area contributed by atoms with Gasteiger partial charge in [0.2, 0.25) is 0 Å². The number of hydrogen-bond acceptors (Lipinski definition) is 10. The summed E-state index contributed by atoms with van der Waals surface area (Å²) in [7, 11) is 0. The number of carbonyl (C=O) groups is 4. The molecule has 7 aromatic carbocycles. The minimum atomic E-state index is -0.770. The van der Waals surface area contributed by atoms with E-state index in [2.05, 4.69) is 0 Å². The van der Waals surface area contributed by atoms with Crippen LogP contribution in [0.5, 0.6) is 34.5 Å². The maximum absolute atomic E-state index is 14.1. The zero-order valence-corrected chi connectivity index (χ0v) is 32.2. The second-order valence-corrected chi connectivity index (χ2v) is 13.7. The second-order valence-electron chi connectivity index (χ2n) is 13.7. The molecule has 0 bridgehead atoms. The normalized spacial score (nSPS) is 10.7. The van der Waals surface area contributed by atoms with E-state index in [1.54, 1.807) is 121 Å². The van der Waals surface area contributed by atoms with Crippen molar-refractivity contribution >= 4 is 23.9 Å². The zero-order chi connectivity index (χ0) is 41.8. The second kappa shape index (κ2) is 19.0. The summed E-state index contributed by atoms with van der Waals surface area (Å²) in [5.41, 5.74) is 2.77. The van der Waals surface area contributed by atoms with E-state index >= 15 is 0 Å². The van der Waals surface area contributed by atoms with Gasteiger partial charge < -0.3 is 29.2 Å². The molecule has 0 aromatic heterocycles. The lowest BCUT2D eigenvalue weighted by molar-refractivity contribution is -0.137. The van der Waals surface area contributed by atoms with Crippen LogP contribution in [-0.2, 0) is 44.9 Å². The van der Waals surface area contributed by atoms with E-state index in [1.165, 1.54) is 48.5 Å². The summed E-state index contributed by atoms with van der Waals surface area (Å²) in [6, 6.07) is 46.8. The Hall–Kier alpha value is -7.98. The van der Waals surface area contributed by atoms with Crippen molar-refractivity contribution in [3.05, 3.63) is 192 Å². The lowest BCUT2D eigenvalue weighted by Gasteiger charge is -2.25. The number of ether oxygens (including phenoxy) is 4. The highest BCUT2D eigenvalue weighted by molar-refractivity contribution is 5.99. The fourth-order valence-corrected chi connectivity index (χ4v) is 6.48. The van der Waals surface area contributed by atoms with Gasteiger partial charge in [-0.05, 0) is 57.6 Å². The summed E-state index contributed by atoms with van der Waals surface area (Å²) >= 11 is 0. The molecule has 0 heterocycles. The highest BCUT2D eigenvalue weighted by Gasteiger charge is 2.35. The Morgan fingerprint density at radius 3 is 0.750 bits per heavy atom. The van der Waals surface area contributed by atoms with Gasteiger partial charge in [0.05, 0.1) is 36.8 Å². The number of esters is 4. The van der Waals surface area contributed by atoms with Gasteiger partial charge in [-0.2, -0.15) is 0 Å². The molecular weight excluding hydrogens is 761 g/mol. The predicted molar refractivity (Wildman–Crippen MR) is 224 cm³/mol. The minimum absolute atomic E-state index is 0.0922. The maximum Gasteiger partial charge on any atom is 0.315 e. The molecule has 0 unspecified atom stereocenters. The first kappa shape index (κ1) is 40.2. The van der Waals surface area contributed by atoms with Crippen molar-refractivity contribution in [1.82, 2.24) is 0 Å². The van der Waals surface area contributed by atoms with Gasteiger partial charge in [-0.15, -0.1) is 0 Å². The zero-order valence-electron chi connectivity index (χ0n) is 32.2. The highest BCUT2D eigenvalue weighted by atomic mass is 16.6. The molecule has 10 heteroatoms. The van der Waals surface area contributed by atoms with Gasteiger partial charge in [-0.1, -0.05) is 146 Å². The van der Waals surface area contributed by atoms with E-state index in [0.717, 1.165) is 0 Å². The lowest BCUT2D eigenvalue weighted by atomic mass is 9.94. The number of rotatable bonds is 14. The van der Waals surface area contributed by atoms with Crippen LogP contribution < -0.4 is 18.9 Å². The summed E-state index contributed by atoms with van der Waals surface area (Å²) in [6.07, 6.45) is -0.838. The molecule has 0 fully saturated rings. The largest absolute Gasteiger partial charge is 0.508 e. The number of phenolic OH excluding ortho intramolecular Hbond substituents is 2. The van der Waals surface area contributed by atoms with Crippen molar-refractivity contribution in [3.63, 3.8) is 0 Å². The van der Waals surface area contributed by atoms with Crippen LogP contribution >= 0.6 is 0 Å². The van der Waals surface area contributed by atoms with Crippen LogP contribution in [0.25, 0.3) is 22.3 Å². The van der Waals surface area contributed by atoms with Crippen molar-refractivity contribution < 1.29 is 48.3 Å². The standard InChI is InChI=1S/C50H38O10/c51-39-25-21-37(22-26-39)45-47(57-41(53)29-33-13-5-1-6-14-33)48(58-42(54)30-34-15-7-2-8-16-34)46(38-23-27-40(52)28-24-38)50(60-44(56)32-36-19-11-4-12-20-36)49(45)59-43(55)31-35-17-9-3-10-18-35/h1-28,51-52H,29-32H2. The fourth-order valence-electron chi connectivity index (χ4n) is 6.48. The quantitative estimate of drug-likeness (QED) is 0.0808. The molecule has 298 valence electrons. The highest BCUT2D eigenvalue weighted by Crippen LogP contribution is 2.57. The molecule has 0 spiro atoms. The number of carbonyl (C=O) groups excluding carboxylic acids is 4. The topological polar surface area (TPSA) is 146 Å². The third-order valence-electron chi connectivity index (χ3n) is 9.26. The van der Waals surface area contributed by atoms with Gasteiger partial charge in [0.25, 0.3) is 0 Å². The van der Waals surface area contributed by atoms with E-state index < -0.39 is 23.9 Å². The number of benzene rings is 7. The van der Waals surface area contributed by atoms with Gasteiger partial charge in [-0.3, -0.25) is 19.2 Å². The van der Waals surface area contributed by atoms with Crippen LogP contribution in [0.1, 0.15) is 22.3 Å². The van der Waals surface area contributed by atoms with E-state index in [0.29, 0.717) is 22.3 Å². The molecule has 0 saturated heterocycles. The van der Waals surface area contributed by atoms with E-state index in [1.807, 2.05) is 0 Å². The summed E-state index contributed by atoms with van der Waals surface area (Å²) < 4.78 is 25.0. The fraction of sp³-hybridized carbons (Fsp3) is 0.0800. The SMILES string of the molecule is O=C(Cc1ccccc1)Oc1c(OC(=O)Cc2ccccc2)c(-c2ccc(O)cc2)c(OC(=O)Cc2ccccc2)c(OC(=O)Cc2ccccc2)c1-c1ccc(O)cc1. The van der Waals surface area contributed by atoms with E-state index in [9.17, 15) is 29.4 Å². The van der Waals surface area contributed by atoms with Crippen LogP contribution in [0.15, 0.2) is 170 Å². The Labute approximate surface area is 345 Å². The van der Waals surface area contributed by atoms with E-state index in [-0.39, 0.29) is 82.4 Å². The molecule has 2 N–H and O–H groups in total. The maximum atomic E-state index is 14.1. The molecule has 0 aliphatic rings. The van der Waals surface area contributed by atoms with Crippen LogP contribution in [0.2, 0.25) is 0 Å². The third kappa shape index (κ3) is 10.3. The van der Waals surface area contributed by atoms with Gasteiger partial charge in [-0.25, -0.2) is 0 Å². The Bertz CT molecular complexity index is 2270. The van der Waals surface area contributed by atoms with Crippen molar-refractivity contribution in [3.8, 4) is 56.8 Å². The number of hydrogen-bond donors (Lipinski definition) is 2. The molecule has 0 aliphatic carbocycles. The average molecular weight is 799 g/mol. The third-order valence-corrected chi connectivity index (χ3v) is 9.26. The summed E-state index contributed by atoms with van der Waals surface area (Å²) in [6.45, 7) is 0. The monoisotopic (exact) mass is 798 g/mol. The van der Waals surface area contributed by atoms with Gasteiger partial charge in [0, 0.05) is 0 Å². The van der Waals surface area contributed by atoms with Crippen LogP contribution in [0.4, 0.5) is 0 Å². The molecule has 0 saturated carbocycles. The van der Waals surface area contributed by atoms with Crippen LogP contribution in [0.3, 0.4) is 0 Å². The minimum Gasteiger partial charge on any atom is -0.508 e. The molecule has 0 atom stereocenters. The number of phenols is 2. The Balaban J connectivity index is 1.52. The Kier molecular flexibility index (Phi) is 12.7. The summed E-state index contributed by atoms with van der Waals surface area (Å²) in [5, 5.41) is 20.7. The van der Waals surface area contributed by atoms with Crippen LogP contribution in [0, 0.1) is 0 Å². The predicted octanol–water partition coefficient (Wildman–Crippen LogP) is 9.02. The molecule has 10 nitrogen and oxygen atoms in total. The van der Waals surface area contributed by atoms with Crippen molar-refractivity contribution in [2.75, 3.05) is 0 Å². The molecule has 7 rings (SSSR count). The summed E-state index contributed by atoms with van der Waals surface area (Å²) in [5.74, 6) is -4.63. The first-order chi connectivity index (χ1) is 29.2. The average Bonchev–Trinajstić information content (AvgIpc) is 3.24. The molecule has 60 heavy (non-hydrogen) atoms. The van der Waals surface area contributed by atoms with Crippen LogP contribution in [-0.4, -0.2) is 34.1 Å². The van der Waals surface area contributed by atoms with Gasteiger partial charge in [0.1, 0.15) is 11.5 Å².